The summed E-state index contributed by atoms with van der Waals surface area (Å²) in [5, 5.41) is 4.59. The summed E-state index contributed by atoms with van der Waals surface area (Å²) >= 11 is 0. The maximum absolute atomic E-state index is 15.1. The Morgan fingerprint density at radius 3 is 2.18 bits per heavy atom. The Balaban J connectivity index is 1.37. The van der Waals surface area contributed by atoms with Crippen LogP contribution in [-0.2, 0) is 70.2 Å². The van der Waals surface area contributed by atoms with Crippen LogP contribution in [0.2, 0.25) is 0 Å². The van der Waals surface area contributed by atoms with E-state index in [0.29, 0.717) is 54.1 Å². The van der Waals surface area contributed by atoms with Crippen molar-refractivity contribution >= 4 is 63.8 Å². The first-order valence-corrected chi connectivity index (χ1v) is 30.9. The van der Waals surface area contributed by atoms with Crippen LogP contribution in [0.1, 0.15) is 122 Å². The number of benzene rings is 4. The summed E-state index contributed by atoms with van der Waals surface area (Å²) in [7, 11) is 9.02. The van der Waals surface area contributed by atoms with Crippen molar-refractivity contribution in [2.24, 2.45) is 11.3 Å². The van der Waals surface area contributed by atoms with Crippen LogP contribution < -0.4 is 24.3 Å². The molecule has 0 unspecified atom stereocenters. The van der Waals surface area contributed by atoms with E-state index >= 15 is 4.79 Å². The van der Waals surface area contributed by atoms with E-state index in [1.807, 2.05) is 55.5 Å². The monoisotopic (exact) mass is 1250 g/mol. The van der Waals surface area contributed by atoms with Crippen LogP contribution in [0, 0.1) is 11.3 Å². The molecule has 6 rings (SSSR count). The zero-order chi connectivity index (χ0) is 65.9. The third kappa shape index (κ3) is 19.3. The molecule has 4 aromatic rings. The third-order valence-corrected chi connectivity index (χ3v) is 16.4. The number of rotatable bonds is 13. The standard InChI is InChI=1S/C69H91N5O16/c1-13-14-26-52-55(75)40-50(38-45-29-30-46-22-15-16-23-48(46)37-45)65(81)73(9)54(42-89-68(2,3)4)64(80)70-41-58(76)71(7)35-19-18-28-60(78)88-44-69(5,6)63(79)66(82)74-36-20-17-27-53(74)67(83)90-56(49-24-21-25-51(39-49)87-43-59(77)72(52)8)33-31-47-32-34-57(84-10)62(86-12)61(47)85-11/h15-16,18,21-25,28-30,32,34,37,39,50,52-54,56H,13-14,17,19-20,26-27,31,33,35-36,38,40-44H2,1-12H3,(H,70,80)/b28-18+/t50-,52+,53+,54+,56-/m1/s1. The highest BCUT2D eigenvalue weighted by atomic mass is 16.6. The van der Waals surface area contributed by atoms with Gasteiger partial charge in [0.25, 0.3) is 11.8 Å². The van der Waals surface area contributed by atoms with E-state index in [1.165, 1.54) is 82.0 Å². The number of ether oxygens (including phenoxy) is 7. The number of carbonyl (C=O) groups excluding carboxylic acids is 9. The average Bonchev–Trinajstić information content (AvgIpc) is 1.04. The first-order valence-electron chi connectivity index (χ1n) is 30.9. The van der Waals surface area contributed by atoms with Gasteiger partial charge in [0.1, 0.15) is 30.5 Å². The van der Waals surface area contributed by atoms with Crippen LogP contribution in [0.3, 0.4) is 0 Å². The molecule has 0 aliphatic carbocycles. The lowest BCUT2D eigenvalue weighted by molar-refractivity contribution is -0.165. The summed E-state index contributed by atoms with van der Waals surface area (Å²) in [6, 6.07) is 20.5. The number of methoxy groups -OCH3 is 3. The number of amides is 5. The van der Waals surface area contributed by atoms with Crippen LogP contribution in [-0.4, -0.2) is 178 Å². The average molecular weight is 1250 g/mol. The Morgan fingerprint density at radius 2 is 1.48 bits per heavy atom. The number of cyclic esters (lactones) is 2. The highest BCUT2D eigenvalue weighted by Gasteiger charge is 2.43. The fourth-order valence-electron chi connectivity index (χ4n) is 11.0. The topological polar surface area (TPSA) is 243 Å². The quantitative estimate of drug-likeness (QED) is 0.0985. The van der Waals surface area contributed by atoms with Crippen LogP contribution in [0.4, 0.5) is 0 Å². The Hall–Kier alpha value is -8.33. The molecule has 21 heteroatoms. The second kappa shape index (κ2) is 32.9. The number of carbonyl (C=O) groups is 9. The summed E-state index contributed by atoms with van der Waals surface area (Å²) in [4.78, 5) is 133. The van der Waals surface area contributed by atoms with E-state index < -0.39 is 108 Å². The van der Waals surface area contributed by atoms with Gasteiger partial charge in [-0.3, -0.25) is 33.6 Å². The molecule has 2 heterocycles. The molecule has 21 nitrogen and oxygen atoms in total. The second-order valence-electron chi connectivity index (χ2n) is 24.7. The lowest BCUT2D eigenvalue weighted by Gasteiger charge is -2.36. The second-order valence-corrected chi connectivity index (χ2v) is 24.7. The number of ketones is 2. The van der Waals surface area contributed by atoms with Gasteiger partial charge in [-0.1, -0.05) is 86.5 Å². The molecule has 0 radical (unpaired) electrons. The molecule has 0 aromatic heterocycles. The van der Waals surface area contributed by atoms with Crippen molar-refractivity contribution in [1.29, 1.82) is 0 Å². The SMILES string of the molecule is CCCC[C@H]1C(=O)C[C@@H](Cc2ccc3ccccc3c2)C(=O)N(C)[C@@H](COC(C)(C)C)C(=O)NCC(=O)N(C)CC/C=C/C(=O)OCC(C)(C)C(=O)C(=O)N2CCCC[C@H]2C(=O)O[C@H](CCc2ccc(OC)c(OC)c2OC)c2cccc(c2)OCC(=O)N1C. The van der Waals surface area contributed by atoms with Gasteiger partial charge in [0, 0.05) is 52.6 Å². The number of nitrogens with zero attached hydrogens (tertiary/aromatic N) is 4. The number of likely N-dealkylation sites (N-methyl/N-ethyl adjacent to an activating group) is 3. The minimum absolute atomic E-state index is 0.0881. The maximum atomic E-state index is 15.1. The molecular weight excluding hydrogens is 1150 g/mol. The molecule has 5 atom stereocenters. The van der Waals surface area contributed by atoms with E-state index in [9.17, 15) is 38.4 Å². The molecule has 488 valence electrons. The molecule has 0 saturated carbocycles. The van der Waals surface area contributed by atoms with Crippen molar-refractivity contribution in [3.05, 3.63) is 108 Å². The summed E-state index contributed by atoms with van der Waals surface area (Å²) in [6.45, 7) is 8.88. The zero-order valence-electron chi connectivity index (χ0n) is 54.4. The van der Waals surface area contributed by atoms with E-state index in [-0.39, 0.29) is 76.2 Å². The number of aryl methyl sites for hydroxylation is 1. The molecular formula is C69H91N5O16. The Kier molecular flexibility index (Phi) is 25.9. The number of nitrogens with one attached hydrogen (secondary N) is 1. The van der Waals surface area contributed by atoms with Gasteiger partial charge in [-0.15, -0.1) is 0 Å². The largest absolute Gasteiger partial charge is 0.493 e. The number of Topliss-reactive ketones (excluding diaryl/α,β-unsaturated/α-hetero) is 2. The fraction of sp³-hybridized carbons (Fsp3) is 0.522. The van der Waals surface area contributed by atoms with Gasteiger partial charge < -0.3 is 58.1 Å². The Morgan fingerprint density at radius 1 is 0.744 bits per heavy atom. The highest BCUT2D eigenvalue weighted by Crippen LogP contribution is 2.41. The van der Waals surface area contributed by atoms with E-state index in [1.54, 1.807) is 51.1 Å². The summed E-state index contributed by atoms with van der Waals surface area (Å²) in [5.74, 6) is -5.52. The number of unbranched alkanes of at least 4 members (excludes halogenated alkanes) is 1. The maximum Gasteiger partial charge on any atom is 0.330 e. The minimum atomic E-state index is -1.51. The van der Waals surface area contributed by atoms with Crippen molar-refractivity contribution in [3.8, 4) is 23.0 Å². The highest BCUT2D eigenvalue weighted by molar-refractivity contribution is 6.38. The summed E-state index contributed by atoms with van der Waals surface area (Å²) in [6.07, 6.45) is 4.93. The molecule has 2 aliphatic rings. The number of hydrogen-bond donors (Lipinski definition) is 1. The first-order chi connectivity index (χ1) is 42.8. The molecule has 1 saturated heterocycles. The van der Waals surface area contributed by atoms with Gasteiger partial charge >= 0.3 is 11.9 Å². The van der Waals surface area contributed by atoms with Gasteiger partial charge in [-0.25, -0.2) is 9.59 Å². The van der Waals surface area contributed by atoms with Crippen molar-refractivity contribution in [1.82, 2.24) is 24.9 Å². The lowest BCUT2D eigenvalue weighted by Crippen LogP contribution is -2.54. The van der Waals surface area contributed by atoms with Crippen LogP contribution in [0.15, 0.2) is 91.0 Å². The van der Waals surface area contributed by atoms with Crippen LogP contribution in [0.25, 0.3) is 10.8 Å². The number of esters is 2. The predicted molar refractivity (Wildman–Crippen MR) is 338 cm³/mol. The first kappa shape index (κ1) is 70.8. The summed E-state index contributed by atoms with van der Waals surface area (Å²) in [5.41, 5.74) is -0.307. The Bertz CT molecular complexity index is 3230. The molecule has 90 heavy (non-hydrogen) atoms. The van der Waals surface area contributed by atoms with Gasteiger partial charge in [-0.05, 0) is 132 Å². The lowest BCUT2D eigenvalue weighted by atomic mass is 9.87. The van der Waals surface area contributed by atoms with Crippen LogP contribution >= 0.6 is 0 Å². The van der Waals surface area contributed by atoms with Crippen molar-refractivity contribution < 1.29 is 76.3 Å². The molecule has 2 aliphatic heterocycles. The number of piperidine rings is 1. The molecule has 4 aromatic carbocycles. The fourth-order valence-corrected chi connectivity index (χ4v) is 11.0. The molecule has 1 N–H and O–H groups in total. The molecule has 5 amide bonds. The zero-order valence-corrected chi connectivity index (χ0v) is 54.4. The van der Waals surface area contributed by atoms with E-state index in [0.717, 1.165) is 22.4 Å². The van der Waals surface area contributed by atoms with Crippen molar-refractivity contribution in [3.63, 3.8) is 0 Å². The molecule has 2 bridgehead atoms. The van der Waals surface area contributed by atoms with Crippen molar-refractivity contribution in [2.45, 2.75) is 142 Å². The van der Waals surface area contributed by atoms with Crippen LogP contribution in [0.5, 0.6) is 23.0 Å². The minimum Gasteiger partial charge on any atom is -0.493 e. The van der Waals surface area contributed by atoms with Crippen molar-refractivity contribution in [2.75, 3.05) is 81.9 Å². The van der Waals surface area contributed by atoms with E-state index in [2.05, 4.69) is 5.32 Å². The molecule has 0 spiro atoms. The summed E-state index contributed by atoms with van der Waals surface area (Å²) < 4.78 is 41.2. The normalized spacial score (nSPS) is 21.8. The smallest absolute Gasteiger partial charge is 0.330 e. The Labute approximate surface area is 529 Å². The van der Waals surface area contributed by atoms with Gasteiger partial charge in [0.15, 0.2) is 23.9 Å². The van der Waals surface area contributed by atoms with Gasteiger partial charge in [-0.2, -0.15) is 0 Å². The third-order valence-electron chi connectivity index (χ3n) is 16.4. The van der Waals surface area contributed by atoms with Gasteiger partial charge in [0.05, 0.1) is 51.5 Å². The number of fused-ring (bicyclic) bond motifs is 4. The number of hydrogen-bond acceptors (Lipinski definition) is 16. The molecule has 1 fully saturated rings. The van der Waals surface area contributed by atoms with E-state index in [4.69, 9.17) is 33.2 Å². The predicted octanol–water partition coefficient (Wildman–Crippen LogP) is 7.99. The van der Waals surface area contributed by atoms with Gasteiger partial charge in [0.2, 0.25) is 29.3 Å².